The third kappa shape index (κ3) is 2.91. The van der Waals surface area contributed by atoms with E-state index in [4.69, 9.17) is 5.11 Å². The molecule has 0 amide bonds. The maximum Gasteiger partial charge on any atom is 0.303 e. The lowest BCUT2D eigenvalue weighted by atomic mass is 10.0. The van der Waals surface area contributed by atoms with Crippen LogP contribution in [-0.2, 0) is 11.2 Å². The summed E-state index contributed by atoms with van der Waals surface area (Å²) in [5, 5.41) is 10.5. The quantitative estimate of drug-likeness (QED) is 0.900. The Hall–Kier alpha value is -1.68. The number of hydrogen-bond acceptors (Lipinski definition) is 2. The van der Waals surface area contributed by atoms with Crippen LogP contribution in [0.1, 0.15) is 12.0 Å². The Morgan fingerprint density at radius 2 is 2.18 bits per heavy atom. The molecule has 2 rings (SSSR count). The molecule has 0 fully saturated rings. The van der Waals surface area contributed by atoms with Gasteiger partial charge < -0.3 is 5.11 Å². The van der Waals surface area contributed by atoms with Gasteiger partial charge in [0, 0.05) is 16.9 Å². The van der Waals surface area contributed by atoms with E-state index in [-0.39, 0.29) is 12.2 Å². The van der Waals surface area contributed by atoms with Crippen molar-refractivity contribution in [2.45, 2.75) is 12.8 Å². The maximum atomic E-state index is 13.6. The summed E-state index contributed by atoms with van der Waals surface area (Å²) in [7, 11) is 0. The van der Waals surface area contributed by atoms with Gasteiger partial charge in [-0.25, -0.2) is 4.39 Å². The number of aryl methyl sites for hydroxylation is 1. The van der Waals surface area contributed by atoms with Crippen molar-refractivity contribution >= 4 is 17.3 Å². The van der Waals surface area contributed by atoms with Crippen LogP contribution in [-0.4, -0.2) is 11.1 Å². The van der Waals surface area contributed by atoms with Crippen molar-refractivity contribution in [1.82, 2.24) is 0 Å². The van der Waals surface area contributed by atoms with Crippen LogP contribution < -0.4 is 0 Å². The Bertz CT molecular complexity index is 520. The molecule has 0 radical (unpaired) electrons. The number of hydrogen-bond donors (Lipinski definition) is 1. The molecule has 0 bridgehead atoms. The molecule has 0 aliphatic rings. The van der Waals surface area contributed by atoms with Crippen molar-refractivity contribution < 1.29 is 14.3 Å². The average Bonchev–Trinajstić information content (AvgIpc) is 2.81. The van der Waals surface area contributed by atoms with Gasteiger partial charge in [0.15, 0.2) is 0 Å². The van der Waals surface area contributed by atoms with Crippen molar-refractivity contribution in [1.29, 1.82) is 0 Å². The number of rotatable bonds is 4. The molecule has 1 aromatic carbocycles. The number of carboxylic acids is 1. The van der Waals surface area contributed by atoms with Crippen LogP contribution in [0.3, 0.4) is 0 Å². The maximum absolute atomic E-state index is 13.6. The van der Waals surface area contributed by atoms with E-state index in [0.717, 1.165) is 10.4 Å². The predicted molar refractivity (Wildman–Crippen MR) is 65.7 cm³/mol. The van der Waals surface area contributed by atoms with E-state index < -0.39 is 5.97 Å². The molecule has 0 atom stereocenters. The molecular formula is C13H11FO2S. The Morgan fingerprint density at radius 3 is 2.82 bits per heavy atom. The molecule has 0 spiro atoms. The molecule has 1 heterocycles. The van der Waals surface area contributed by atoms with Crippen LogP contribution in [0, 0.1) is 5.82 Å². The standard InChI is InChI=1S/C13H11FO2S/c14-11-5-3-9(4-6-13(15)16)8-10(11)12-2-1-7-17-12/h1-3,5,7-8H,4,6H2,(H,15,16). The van der Waals surface area contributed by atoms with Crippen LogP contribution in [0.25, 0.3) is 10.4 Å². The minimum absolute atomic E-state index is 0.0650. The number of halogens is 1. The first-order valence-electron chi connectivity index (χ1n) is 5.21. The van der Waals surface area contributed by atoms with Gasteiger partial charge in [-0.05, 0) is 35.6 Å². The Morgan fingerprint density at radius 1 is 1.35 bits per heavy atom. The topological polar surface area (TPSA) is 37.3 Å². The highest BCUT2D eigenvalue weighted by Crippen LogP contribution is 2.28. The Balaban J connectivity index is 2.27. The zero-order chi connectivity index (χ0) is 12.3. The molecule has 0 aliphatic carbocycles. The molecule has 0 saturated carbocycles. The first-order valence-corrected chi connectivity index (χ1v) is 6.09. The van der Waals surface area contributed by atoms with Crippen molar-refractivity contribution in [3.05, 3.63) is 47.1 Å². The summed E-state index contributed by atoms with van der Waals surface area (Å²) in [6.07, 6.45) is 0.490. The summed E-state index contributed by atoms with van der Waals surface area (Å²) < 4.78 is 13.6. The summed E-state index contributed by atoms with van der Waals surface area (Å²) in [5.74, 6) is -1.11. The highest BCUT2D eigenvalue weighted by atomic mass is 32.1. The second-order valence-electron chi connectivity index (χ2n) is 3.69. The summed E-state index contributed by atoms with van der Waals surface area (Å²) in [6.45, 7) is 0. The van der Waals surface area contributed by atoms with Gasteiger partial charge in [0.2, 0.25) is 0 Å². The molecule has 0 unspecified atom stereocenters. The van der Waals surface area contributed by atoms with E-state index in [0.29, 0.717) is 12.0 Å². The van der Waals surface area contributed by atoms with E-state index in [9.17, 15) is 9.18 Å². The fourth-order valence-corrected chi connectivity index (χ4v) is 2.34. The highest BCUT2D eigenvalue weighted by molar-refractivity contribution is 7.13. The molecular weight excluding hydrogens is 239 g/mol. The lowest BCUT2D eigenvalue weighted by Crippen LogP contribution is -1.98. The zero-order valence-electron chi connectivity index (χ0n) is 9.02. The number of benzene rings is 1. The smallest absolute Gasteiger partial charge is 0.303 e. The first kappa shape index (κ1) is 11.8. The lowest BCUT2D eigenvalue weighted by Gasteiger charge is -2.04. The van der Waals surface area contributed by atoms with Crippen LogP contribution in [0.4, 0.5) is 4.39 Å². The molecule has 0 aliphatic heterocycles. The van der Waals surface area contributed by atoms with Crippen molar-refractivity contribution in [2.75, 3.05) is 0 Å². The normalized spacial score (nSPS) is 10.4. The third-order valence-corrected chi connectivity index (χ3v) is 3.35. The second kappa shape index (κ2) is 5.10. The fraction of sp³-hybridized carbons (Fsp3) is 0.154. The molecule has 88 valence electrons. The molecule has 17 heavy (non-hydrogen) atoms. The molecule has 2 aromatic rings. The van der Waals surface area contributed by atoms with E-state index >= 15 is 0 Å². The molecule has 1 N–H and O–H groups in total. The monoisotopic (exact) mass is 250 g/mol. The van der Waals surface area contributed by atoms with Gasteiger partial charge >= 0.3 is 5.97 Å². The summed E-state index contributed by atoms with van der Waals surface area (Å²) in [5.41, 5.74) is 1.39. The zero-order valence-corrected chi connectivity index (χ0v) is 9.84. The molecule has 0 saturated heterocycles. The van der Waals surface area contributed by atoms with Gasteiger partial charge in [0.05, 0.1) is 0 Å². The van der Waals surface area contributed by atoms with Gasteiger partial charge in [-0.2, -0.15) is 0 Å². The largest absolute Gasteiger partial charge is 0.481 e. The molecule has 2 nitrogen and oxygen atoms in total. The van der Waals surface area contributed by atoms with Crippen LogP contribution in [0.15, 0.2) is 35.7 Å². The number of carboxylic acid groups (broad SMARTS) is 1. The number of thiophene rings is 1. The van der Waals surface area contributed by atoms with Crippen LogP contribution in [0.5, 0.6) is 0 Å². The van der Waals surface area contributed by atoms with Crippen LogP contribution in [0.2, 0.25) is 0 Å². The van der Waals surface area contributed by atoms with E-state index in [1.807, 2.05) is 17.5 Å². The van der Waals surface area contributed by atoms with Gasteiger partial charge in [0.1, 0.15) is 5.82 Å². The van der Waals surface area contributed by atoms with Crippen molar-refractivity contribution in [3.63, 3.8) is 0 Å². The minimum Gasteiger partial charge on any atom is -0.481 e. The molecule has 1 aromatic heterocycles. The first-order chi connectivity index (χ1) is 8.16. The SMILES string of the molecule is O=C(O)CCc1ccc(F)c(-c2cccs2)c1. The fourth-order valence-electron chi connectivity index (χ4n) is 1.60. The average molecular weight is 250 g/mol. The van der Waals surface area contributed by atoms with Gasteiger partial charge in [0.25, 0.3) is 0 Å². The van der Waals surface area contributed by atoms with E-state index in [2.05, 4.69) is 0 Å². The number of carbonyl (C=O) groups is 1. The van der Waals surface area contributed by atoms with Crippen molar-refractivity contribution in [2.24, 2.45) is 0 Å². The summed E-state index contributed by atoms with van der Waals surface area (Å²) in [6, 6.07) is 8.47. The van der Waals surface area contributed by atoms with E-state index in [1.54, 1.807) is 12.1 Å². The van der Waals surface area contributed by atoms with E-state index in [1.165, 1.54) is 17.4 Å². The molecule has 4 heteroatoms. The predicted octanol–water partition coefficient (Wildman–Crippen LogP) is 3.57. The highest BCUT2D eigenvalue weighted by Gasteiger charge is 2.08. The second-order valence-corrected chi connectivity index (χ2v) is 4.63. The summed E-state index contributed by atoms with van der Waals surface area (Å²) in [4.78, 5) is 11.3. The Labute approximate surface area is 102 Å². The van der Waals surface area contributed by atoms with Gasteiger partial charge in [-0.15, -0.1) is 11.3 Å². The number of aliphatic carboxylic acids is 1. The van der Waals surface area contributed by atoms with Gasteiger partial charge in [-0.1, -0.05) is 12.1 Å². The van der Waals surface area contributed by atoms with Crippen molar-refractivity contribution in [3.8, 4) is 10.4 Å². The van der Waals surface area contributed by atoms with Gasteiger partial charge in [-0.3, -0.25) is 4.79 Å². The Kier molecular flexibility index (Phi) is 3.54. The third-order valence-electron chi connectivity index (χ3n) is 2.44. The van der Waals surface area contributed by atoms with Crippen LogP contribution >= 0.6 is 11.3 Å². The lowest BCUT2D eigenvalue weighted by molar-refractivity contribution is -0.136. The summed E-state index contributed by atoms with van der Waals surface area (Å²) >= 11 is 1.47. The minimum atomic E-state index is -0.841.